The lowest BCUT2D eigenvalue weighted by atomic mass is 10.2. The van der Waals surface area contributed by atoms with Crippen LogP contribution in [0.5, 0.6) is 5.75 Å². The van der Waals surface area contributed by atoms with E-state index in [0.717, 1.165) is 22.7 Å². The van der Waals surface area contributed by atoms with Gasteiger partial charge in [0.05, 0.1) is 11.9 Å². The normalized spacial score (nSPS) is 10.2. The Hall–Kier alpha value is -3.05. The first-order valence-corrected chi connectivity index (χ1v) is 8.44. The zero-order valence-corrected chi connectivity index (χ0v) is 15.0. The first-order chi connectivity index (χ1) is 12.6. The van der Waals surface area contributed by atoms with Crippen LogP contribution in [0.4, 0.5) is 17.2 Å². The van der Waals surface area contributed by atoms with E-state index in [1.54, 1.807) is 12.3 Å². The van der Waals surface area contributed by atoms with Gasteiger partial charge in [0.25, 0.3) is 0 Å². The largest absolute Gasteiger partial charge is 0.489 e. The van der Waals surface area contributed by atoms with E-state index in [1.165, 1.54) is 6.92 Å². The summed E-state index contributed by atoms with van der Waals surface area (Å²) in [6.45, 7) is 1.93. The molecule has 0 saturated heterocycles. The van der Waals surface area contributed by atoms with Crippen LogP contribution in [0.25, 0.3) is 0 Å². The molecule has 2 N–H and O–H groups in total. The van der Waals surface area contributed by atoms with Gasteiger partial charge in [0.1, 0.15) is 18.2 Å². The Labute approximate surface area is 157 Å². The highest BCUT2D eigenvalue weighted by Crippen LogP contribution is 2.21. The number of benzene rings is 2. The second kappa shape index (κ2) is 8.36. The molecule has 0 saturated carbocycles. The molecule has 0 aliphatic heterocycles. The predicted octanol–water partition coefficient (Wildman–Crippen LogP) is 5.02. The molecule has 0 spiro atoms. The number of aromatic nitrogens is 1. The molecule has 1 heterocycles. The van der Waals surface area contributed by atoms with Crippen molar-refractivity contribution in [1.82, 2.24) is 4.98 Å². The Kier molecular flexibility index (Phi) is 5.71. The van der Waals surface area contributed by atoms with Crippen molar-refractivity contribution < 1.29 is 9.53 Å². The van der Waals surface area contributed by atoms with Crippen molar-refractivity contribution in [2.24, 2.45) is 0 Å². The molecular formula is C20H18ClN3O2. The van der Waals surface area contributed by atoms with Gasteiger partial charge in [-0.25, -0.2) is 4.98 Å². The van der Waals surface area contributed by atoms with E-state index in [1.807, 2.05) is 54.6 Å². The summed E-state index contributed by atoms with van der Waals surface area (Å²) in [7, 11) is 0. The van der Waals surface area contributed by atoms with Crippen LogP contribution in [-0.2, 0) is 11.4 Å². The Bertz CT molecular complexity index is 863. The molecule has 2 aromatic carbocycles. The third-order valence-corrected chi connectivity index (χ3v) is 3.78. The van der Waals surface area contributed by atoms with Crippen LogP contribution in [0.1, 0.15) is 12.5 Å². The van der Waals surface area contributed by atoms with E-state index >= 15 is 0 Å². The summed E-state index contributed by atoms with van der Waals surface area (Å²) >= 11 is 5.87. The molecule has 0 aliphatic rings. The first kappa shape index (κ1) is 17.8. The first-order valence-electron chi connectivity index (χ1n) is 8.06. The van der Waals surface area contributed by atoms with E-state index in [-0.39, 0.29) is 5.91 Å². The van der Waals surface area contributed by atoms with Gasteiger partial charge in [-0.2, -0.15) is 0 Å². The van der Waals surface area contributed by atoms with Gasteiger partial charge in [-0.05, 0) is 54.1 Å². The molecule has 132 valence electrons. The summed E-state index contributed by atoms with van der Waals surface area (Å²) in [5.41, 5.74) is 2.80. The summed E-state index contributed by atoms with van der Waals surface area (Å²) < 4.78 is 5.77. The molecule has 6 heteroatoms. The molecule has 1 amide bonds. The quantitative estimate of drug-likeness (QED) is 0.642. The van der Waals surface area contributed by atoms with Gasteiger partial charge < -0.3 is 15.4 Å². The number of halogens is 1. The maximum absolute atomic E-state index is 11.0. The Balaban J connectivity index is 1.55. The fraction of sp³-hybridized carbons (Fsp3) is 0.100. The van der Waals surface area contributed by atoms with Gasteiger partial charge in [-0.1, -0.05) is 23.7 Å². The topological polar surface area (TPSA) is 63.2 Å². The van der Waals surface area contributed by atoms with Gasteiger partial charge in [0, 0.05) is 17.6 Å². The van der Waals surface area contributed by atoms with Gasteiger partial charge in [-0.15, -0.1) is 0 Å². The molecule has 26 heavy (non-hydrogen) atoms. The highest BCUT2D eigenvalue weighted by molar-refractivity contribution is 6.30. The molecule has 0 unspecified atom stereocenters. The van der Waals surface area contributed by atoms with Crippen molar-refractivity contribution in [3.05, 3.63) is 77.4 Å². The molecule has 3 rings (SSSR count). The highest BCUT2D eigenvalue weighted by atomic mass is 35.5. The molecule has 0 atom stereocenters. The average molecular weight is 368 g/mol. The summed E-state index contributed by atoms with van der Waals surface area (Å²) in [5, 5.41) is 6.59. The number of anilines is 3. The van der Waals surface area contributed by atoms with Gasteiger partial charge in [0.2, 0.25) is 5.91 Å². The van der Waals surface area contributed by atoms with Gasteiger partial charge >= 0.3 is 0 Å². The SMILES string of the molecule is CC(=O)Nc1ccc(Nc2ccc(OCc3ccc(Cl)cc3)cc2)cn1. The van der Waals surface area contributed by atoms with Crippen LogP contribution in [-0.4, -0.2) is 10.9 Å². The lowest BCUT2D eigenvalue weighted by molar-refractivity contribution is -0.114. The number of hydrogen-bond donors (Lipinski definition) is 2. The second-order valence-electron chi connectivity index (χ2n) is 5.68. The van der Waals surface area contributed by atoms with Crippen LogP contribution in [0, 0.1) is 0 Å². The summed E-state index contributed by atoms with van der Waals surface area (Å²) in [6.07, 6.45) is 1.66. The standard InChI is InChI=1S/C20H18ClN3O2/c1-14(25)23-20-11-8-18(12-22-20)24-17-6-9-19(10-7-17)26-13-15-2-4-16(21)5-3-15/h2-12,24H,13H2,1H3,(H,22,23,25). The molecule has 0 aliphatic carbocycles. The van der Waals surface area contributed by atoms with E-state index in [9.17, 15) is 4.79 Å². The summed E-state index contributed by atoms with van der Waals surface area (Å²) in [6, 6.07) is 18.8. The van der Waals surface area contributed by atoms with Crippen LogP contribution in [0.3, 0.4) is 0 Å². The number of carbonyl (C=O) groups is 1. The molecule has 5 nitrogen and oxygen atoms in total. The smallest absolute Gasteiger partial charge is 0.222 e. The number of rotatable bonds is 6. The minimum Gasteiger partial charge on any atom is -0.489 e. The highest BCUT2D eigenvalue weighted by Gasteiger charge is 2.00. The average Bonchev–Trinajstić information content (AvgIpc) is 2.64. The van der Waals surface area contributed by atoms with E-state index in [0.29, 0.717) is 17.4 Å². The van der Waals surface area contributed by atoms with Crippen molar-refractivity contribution >= 4 is 34.7 Å². The maximum atomic E-state index is 11.0. The maximum Gasteiger partial charge on any atom is 0.222 e. The van der Waals surface area contributed by atoms with Crippen LogP contribution in [0.15, 0.2) is 66.9 Å². The van der Waals surface area contributed by atoms with E-state index < -0.39 is 0 Å². The second-order valence-corrected chi connectivity index (χ2v) is 6.11. The summed E-state index contributed by atoms with van der Waals surface area (Å²) in [5.74, 6) is 1.16. The third-order valence-electron chi connectivity index (χ3n) is 3.53. The fourth-order valence-corrected chi connectivity index (χ4v) is 2.40. The number of pyridine rings is 1. The van der Waals surface area contributed by atoms with Crippen LogP contribution >= 0.6 is 11.6 Å². The number of carbonyl (C=O) groups excluding carboxylic acids is 1. The van der Waals surface area contributed by atoms with Crippen molar-refractivity contribution in [1.29, 1.82) is 0 Å². The van der Waals surface area contributed by atoms with E-state index in [4.69, 9.17) is 16.3 Å². The Morgan fingerprint density at radius 2 is 1.69 bits per heavy atom. The third kappa shape index (κ3) is 5.22. The van der Waals surface area contributed by atoms with Gasteiger partial charge in [0.15, 0.2) is 0 Å². The zero-order valence-electron chi connectivity index (χ0n) is 14.2. The van der Waals surface area contributed by atoms with Crippen molar-refractivity contribution in [2.45, 2.75) is 13.5 Å². The molecule has 0 radical (unpaired) electrons. The molecular weight excluding hydrogens is 350 g/mol. The predicted molar refractivity (Wildman–Crippen MR) is 104 cm³/mol. The number of amides is 1. The Morgan fingerprint density at radius 1 is 1.00 bits per heavy atom. The van der Waals surface area contributed by atoms with Crippen molar-refractivity contribution in [2.75, 3.05) is 10.6 Å². The summed E-state index contributed by atoms with van der Waals surface area (Å²) in [4.78, 5) is 15.2. The lowest BCUT2D eigenvalue weighted by Gasteiger charge is -2.09. The van der Waals surface area contributed by atoms with E-state index in [2.05, 4.69) is 15.6 Å². The molecule has 1 aromatic heterocycles. The molecule has 0 bridgehead atoms. The number of nitrogens with zero attached hydrogens (tertiary/aromatic N) is 1. The van der Waals surface area contributed by atoms with Gasteiger partial charge in [-0.3, -0.25) is 4.79 Å². The Morgan fingerprint density at radius 3 is 2.31 bits per heavy atom. The molecule has 0 fully saturated rings. The zero-order chi connectivity index (χ0) is 18.4. The minimum absolute atomic E-state index is 0.146. The fourth-order valence-electron chi connectivity index (χ4n) is 2.27. The lowest BCUT2D eigenvalue weighted by Crippen LogP contribution is -2.07. The van der Waals surface area contributed by atoms with Crippen molar-refractivity contribution in [3.63, 3.8) is 0 Å². The van der Waals surface area contributed by atoms with Crippen LogP contribution in [0.2, 0.25) is 5.02 Å². The number of hydrogen-bond acceptors (Lipinski definition) is 4. The van der Waals surface area contributed by atoms with Crippen LogP contribution < -0.4 is 15.4 Å². The van der Waals surface area contributed by atoms with Crippen molar-refractivity contribution in [3.8, 4) is 5.75 Å². The molecule has 3 aromatic rings. The minimum atomic E-state index is -0.146. The number of ether oxygens (including phenoxy) is 1. The number of nitrogens with one attached hydrogen (secondary N) is 2. The monoisotopic (exact) mass is 367 g/mol.